The zero-order chi connectivity index (χ0) is 17.8. The minimum atomic E-state index is -1.50. The Kier molecular flexibility index (Phi) is 5.70. The molecule has 0 radical (unpaired) electrons. The molecule has 0 amide bonds. The molecule has 0 saturated heterocycles. The van der Waals surface area contributed by atoms with Gasteiger partial charge in [-0.25, -0.2) is 0 Å². The molecular weight excluding hydrogens is 310 g/mol. The number of rotatable bonds is 9. The molecule has 1 fully saturated rings. The van der Waals surface area contributed by atoms with Crippen LogP contribution in [0.25, 0.3) is 0 Å². The van der Waals surface area contributed by atoms with E-state index in [9.17, 15) is 39.6 Å². The molecule has 1 atom stereocenters. The Labute approximate surface area is 132 Å². The average molecular weight is 331 g/mol. The van der Waals surface area contributed by atoms with Gasteiger partial charge in [0.15, 0.2) is 0 Å². The number of aliphatic carboxylic acids is 4. The van der Waals surface area contributed by atoms with E-state index >= 15 is 0 Å². The Morgan fingerprint density at radius 2 is 1.22 bits per heavy atom. The summed E-state index contributed by atoms with van der Waals surface area (Å²) in [5.41, 5.74) is 2.71. The standard InChI is InChI=1S/C14H21NO8/c15-7-8-1-2-13(3-9(16)17,4-10(18)19)14(8,5-11(20)21)6-12(22)23/h8H,1-7,15H2,(H,16,17)(H,18,19)(H,20,21)(H,22,23). The van der Waals surface area contributed by atoms with E-state index in [1.165, 1.54) is 0 Å². The van der Waals surface area contributed by atoms with Crippen LogP contribution in [0.1, 0.15) is 38.5 Å². The third kappa shape index (κ3) is 3.79. The van der Waals surface area contributed by atoms with Gasteiger partial charge in [0.05, 0.1) is 25.7 Å². The second kappa shape index (κ2) is 6.95. The van der Waals surface area contributed by atoms with Crippen LogP contribution in [0.15, 0.2) is 0 Å². The van der Waals surface area contributed by atoms with Crippen LogP contribution >= 0.6 is 0 Å². The number of hydrogen-bond donors (Lipinski definition) is 5. The Bertz CT molecular complexity index is 483. The number of carbonyl (C=O) groups is 4. The number of hydrogen-bond acceptors (Lipinski definition) is 5. The van der Waals surface area contributed by atoms with E-state index in [2.05, 4.69) is 0 Å². The molecule has 0 bridgehead atoms. The smallest absolute Gasteiger partial charge is 0.303 e. The first-order chi connectivity index (χ1) is 10.6. The van der Waals surface area contributed by atoms with Crippen LogP contribution in [0.3, 0.4) is 0 Å². The second-order valence-electron chi connectivity index (χ2n) is 6.19. The highest BCUT2D eigenvalue weighted by atomic mass is 16.4. The molecule has 6 N–H and O–H groups in total. The molecule has 130 valence electrons. The van der Waals surface area contributed by atoms with Crippen LogP contribution in [0.2, 0.25) is 0 Å². The Morgan fingerprint density at radius 3 is 1.52 bits per heavy atom. The molecule has 1 unspecified atom stereocenters. The van der Waals surface area contributed by atoms with Gasteiger partial charge in [0, 0.05) is 5.41 Å². The van der Waals surface area contributed by atoms with Crippen molar-refractivity contribution in [2.24, 2.45) is 22.5 Å². The van der Waals surface area contributed by atoms with Crippen LogP contribution in [0, 0.1) is 16.7 Å². The maximum atomic E-state index is 11.3. The topological polar surface area (TPSA) is 175 Å². The summed E-state index contributed by atoms with van der Waals surface area (Å²) in [6.45, 7) is -0.0262. The third-order valence-electron chi connectivity index (χ3n) is 5.01. The van der Waals surface area contributed by atoms with Gasteiger partial charge in [-0.1, -0.05) is 0 Å². The molecule has 0 aromatic heterocycles. The lowest BCUT2D eigenvalue weighted by molar-refractivity contribution is -0.161. The van der Waals surface area contributed by atoms with Crippen molar-refractivity contribution in [3.63, 3.8) is 0 Å². The highest BCUT2D eigenvalue weighted by Gasteiger charge is 2.62. The monoisotopic (exact) mass is 331 g/mol. The molecule has 1 rings (SSSR count). The summed E-state index contributed by atoms with van der Waals surface area (Å²) in [6.07, 6.45) is -2.03. The van der Waals surface area contributed by atoms with Crippen molar-refractivity contribution in [2.75, 3.05) is 6.54 Å². The molecule has 0 aliphatic heterocycles. The van der Waals surface area contributed by atoms with Gasteiger partial charge < -0.3 is 26.2 Å². The fourth-order valence-corrected chi connectivity index (χ4v) is 4.19. The molecule has 23 heavy (non-hydrogen) atoms. The van der Waals surface area contributed by atoms with Crippen LogP contribution < -0.4 is 5.73 Å². The summed E-state index contributed by atoms with van der Waals surface area (Å²) in [6, 6.07) is 0. The van der Waals surface area contributed by atoms with Crippen LogP contribution in [0.4, 0.5) is 0 Å². The zero-order valence-corrected chi connectivity index (χ0v) is 12.5. The van der Waals surface area contributed by atoms with Gasteiger partial charge in [-0.2, -0.15) is 0 Å². The molecule has 1 aliphatic carbocycles. The molecule has 9 heteroatoms. The number of carboxylic acids is 4. The summed E-state index contributed by atoms with van der Waals surface area (Å²) < 4.78 is 0. The van der Waals surface area contributed by atoms with Gasteiger partial charge in [0.2, 0.25) is 0 Å². The molecule has 0 heterocycles. The summed E-state index contributed by atoms with van der Waals surface area (Å²) in [5.74, 6) is -5.74. The van der Waals surface area contributed by atoms with Gasteiger partial charge in [0.1, 0.15) is 0 Å². The highest BCUT2D eigenvalue weighted by Crippen LogP contribution is 2.63. The predicted octanol–water partition coefficient (Wildman–Crippen LogP) is 0.227. The van der Waals surface area contributed by atoms with Crippen LogP contribution in [-0.4, -0.2) is 50.8 Å². The van der Waals surface area contributed by atoms with Crippen molar-refractivity contribution in [3.8, 4) is 0 Å². The molecule has 1 aliphatic rings. The van der Waals surface area contributed by atoms with Crippen LogP contribution in [-0.2, 0) is 19.2 Å². The first kappa shape index (κ1) is 18.9. The molecule has 0 aromatic rings. The molecular formula is C14H21NO8. The molecule has 0 aromatic carbocycles. The van der Waals surface area contributed by atoms with Crippen molar-refractivity contribution in [2.45, 2.75) is 38.5 Å². The normalized spacial score (nSPS) is 21.7. The van der Waals surface area contributed by atoms with Crippen molar-refractivity contribution >= 4 is 23.9 Å². The van der Waals surface area contributed by atoms with Gasteiger partial charge in [0.25, 0.3) is 0 Å². The van der Waals surface area contributed by atoms with Crippen molar-refractivity contribution in [3.05, 3.63) is 0 Å². The SMILES string of the molecule is NCC1CCC(CC(=O)O)(CC(=O)O)C1(CC(=O)O)CC(=O)O. The predicted molar refractivity (Wildman–Crippen MR) is 75.7 cm³/mol. The van der Waals surface area contributed by atoms with Gasteiger partial charge in [-0.05, 0) is 30.7 Å². The maximum Gasteiger partial charge on any atom is 0.303 e. The van der Waals surface area contributed by atoms with E-state index in [1.54, 1.807) is 0 Å². The van der Waals surface area contributed by atoms with E-state index in [1.807, 2.05) is 0 Å². The average Bonchev–Trinajstić information content (AvgIpc) is 2.59. The molecule has 1 saturated carbocycles. The lowest BCUT2D eigenvalue weighted by Gasteiger charge is -2.46. The van der Waals surface area contributed by atoms with E-state index in [0.29, 0.717) is 6.42 Å². The quantitative estimate of drug-likeness (QED) is 0.395. The van der Waals surface area contributed by atoms with E-state index in [0.717, 1.165) is 0 Å². The first-order valence-corrected chi connectivity index (χ1v) is 7.16. The van der Waals surface area contributed by atoms with Gasteiger partial charge in [-0.15, -0.1) is 0 Å². The Hall–Kier alpha value is -2.16. The van der Waals surface area contributed by atoms with Gasteiger partial charge >= 0.3 is 23.9 Å². The first-order valence-electron chi connectivity index (χ1n) is 7.16. The van der Waals surface area contributed by atoms with Crippen LogP contribution in [0.5, 0.6) is 0 Å². The lowest BCUT2D eigenvalue weighted by atomic mass is 9.56. The van der Waals surface area contributed by atoms with E-state index in [4.69, 9.17) is 5.73 Å². The van der Waals surface area contributed by atoms with Gasteiger partial charge in [-0.3, -0.25) is 19.2 Å². The largest absolute Gasteiger partial charge is 0.481 e. The van der Waals surface area contributed by atoms with Crippen molar-refractivity contribution in [1.29, 1.82) is 0 Å². The maximum absolute atomic E-state index is 11.3. The fraction of sp³-hybridized carbons (Fsp3) is 0.714. The summed E-state index contributed by atoms with van der Waals surface area (Å²) in [7, 11) is 0. The number of carboxylic acid groups (broad SMARTS) is 4. The summed E-state index contributed by atoms with van der Waals surface area (Å²) >= 11 is 0. The molecule has 0 spiro atoms. The summed E-state index contributed by atoms with van der Waals surface area (Å²) in [5, 5.41) is 36.9. The zero-order valence-electron chi connectivity index (χ0n) is 12.5. The molecule has 9 nitrogen and oxygen atoms in total. The fourth-order valence-electron chi connectivity index (χ4n) is 4.19. The minimum Gasteiger partial charge on any atom is -0.481 e. The second-order valence-corrected chi connectivity index (χ2v) is 6.19. The lowest BCUT2D eigenvalue weighted by Crippen LogP contribution is -2.48. The van der Waals surface area contributed by atoms with E-state index in [-0.39, 0.29) is 13.0 Å². The van der Waals surface area contributed by atoms with Crippen molar-refractivity contribution in [1.82, 2.24) is 0 Å². The highest BCUT2D eigenvalue weighted by molar-refractivity contribution is 5.76. The minimum absolute atomic E-state index is 0.0262. The van der Waals surface area contributed by atoms with E-state index < -0.39 is 66.3 Å². The van der Waals surface area contributed by atoms with Crippen molar-refractivity contribution < 1.29 is 39.6 Å². The Balaban J connectivity index is 3.51. The third-order valence-corrected chi connectivity index (χ3v) is 5.01. The summed E-state index contributed by atoms with van der Waals surface area (Å²) in [4.78, 5) is 45.2. The Morgan fingerprint density at radius 1 is 0.826 bits per heavy atom. The number of nitrogens with two attached hydrogens (primary N) is 1.